The van der Waals surface area contributed by atoms with Gasteiger partial charge in [0.1, 0.15) is 0 Å². The molecule has 0 amide bonds. The van der Waals surface area contributed by atoms with Crippen molar-refractivity contribution < 1.29 is 29.3 Å². The molecule has 0 rings (SSSR count). The Morgan fingerprint density at radius 1 is 1.00 bits per heavy atom. The first-order chi connectivity index (χ1) is 9.48. The van der Waals surface area contributed by atoms with Crippen LogP contribution in [-0.2, 0) is 19.1 Å². The van der Waals surface area contributed by atoms with E-state index in [2.05, 4.69) is 13.2 Å². The van der Waals surface area contributed by atoms with Gasteiger partial charge in [-0.15, -0.1) is 0 Å². The van der Waals surface area contributed by atoms with Gasteiger partial charge in [-0.05, 0) is 25.7 Å². The predicted molar refractivity (Wildman–Crippen MR) is 73.1 cm³/mol. The SMILES string of the molecule is C=COCCCC(CCCOC=C)(CC(=O)O)C(=O)O. The topological polar surface area (TPSA) is 93.1 Å². The summed E-state index contributed by atoms with van der Waals surface area (Å²) in [5.41, 5.74) is -1.29. The minimum Gasteiger partial charge on any atom is -0.502 e. The van der Waals surface area contributed by atoms with Crippen molar-refractivity contribution in [2.75, 3.05) is 13.2 Å². The Balaban J connectivity index is 4.66. The minimum atomic E-state index is -1.29. The zero-order valence-electron chi connectivity index (χ0n) is 11.5. The Bertz CT molecular complexity index is 321. The van der Waals surface area contributed by atoms with Crippen molar-refractivity contribution in [1.82, 2.24) is 0 Å². The first kappa shape index (κ1) is 18.0. The molecule has 0 aromatic rings. The summed E-state index contributed by atoms with van der Waals surface area (Å²) in [5.74, 6) is -2.22. The van der Waals surface area contributed by atoms with E-state index >= 15 is 0 Å². The number of carboxylic acids is 2. The van der Waals surface area contributed by atoms with E-state index in [1.165, 1.54) is 12.5 Å². The summed E-state index contributed by atoms with van der Waals surface area (Å²) < 4.78 is 9.88. The number of aliphatic carboxylic acids is 2. The van der Waals surface area contributed by atoms with Crippen molar-refractivity contribution in [3.63, 3.8) is 0 Å². The van der Waals surface area contributed by atoms with Gasteiger partial charge in [-0.25, -0.2) is 0 Å². The molecule has 0 aromatic carbocycles. The highest BCUT2D eigenvalue weighted by Gasteiger charge is 2.39. The molecule has 6 nitrogen and oxygen atoms in total. The fourth-order valence-corrected chi connectivity index (χ4v) is 2.04. The van der Waals surface area contributed by atoms with E-state index in [0.29, 0.717) is 26.1 Å². The number of carboxylic acid groups (broad SMARTS) is 2. The fraction of sp³-hybridized carbons (Fsp3) is 0.571. The summed E-state index contributed by atoms with van der Waals surface area (Å²) in [6, 6.07) is 0. The van der Waals surface area contributed by atoms with Crippen LogP contribution in [0.3, 0.4) is 0 Å². The highest BCUT2D eigenvalue weighted by molar-refractivity contribution is 5.81. The molecule has 6 heteroatoms. The molecule has 0 saturated carbocycles. The van der Waals surface area contributed by atoms with Gasteiger partial charge in [-0.2, -0.15) is 0 Å². The van der Waals surface area contributed by atoms with Gasteiger partial charge in [0.15, 0.2) is 0 Å². The second-order valence-electron chi connectivity index (χ2n) is 4.44. The number of hydrogen-bond donors (Lipinski definition) is 2. The van der Waals surface area contributed by atoms with Crippen LogP contribution < -0.4 is 0 Å². The molecule has 0 aromatic heterocycles. The molecule has 0 radical (unpaired) electrons. The first-order valence-electron chi connectivity index (χ1n) is 6.38. The lowest BCUT2D eigenvalue weighted by Crippen LogP contribution is -2.34. The van der Waals surface area contributed by atoms with Crippen molar-refractivity contribution in [2.45, 2.75) is 32.1 Å². The maximum absolute atomic E-state index is 11.5. The van der Waals surface area contributed by atoms with Crippen LogP contribution >= 0.6 is 0 Å². The van der Waals surface area contributed by atoms with Gasteiger partial charge in [-0.3, -0.25) is 9.59 Å². The Kier molecular flexibility index (Phi) is 8.91. The van der Waals surface area contributed by atoms with Crippen LogP contribution in [-0.4, -0.2) is 35.4 Å². The maximum atomic E-state index is 11.5. The highest BCUT2D eigenvalue weighted by atomic mass is 16.5. The number of hydrogen-bond acceptors (Lipinski definition) is 4. The van der Waals surface area contributed by atoms with Gasteiger partial charge in [0, 0.05) is 0 Å². The Morgan fingerprint density at radius 3 is 1.75 bits per heavy atom. The van der Waals surface area contributed by atoms with E-state index in [4.69, 9.17) is 14.6 Å². The molecule has 0 atom stereocenters. The fourth-order valence-electron chi connectivity index (χ4n) is 2.04. The number of ether oxygens (including phenoxy) is 2. The Hall–Kier alpha value is -1.98. The smallest absolute Gasteiger partial charge is 0.310 e. The van der Waals surface area contributed by atoms with E-state index in [9.17, 15) is 14.7 Å². The van der Waals surface area contributed by atoms with Gasteiger partial charge in [0.05, 0.1) is 37.6 Å². The van der Waals surface area contributed by atoms with Gasteiger partial charge in [0.25, 0.3) is 0 Å². The standard InChI is InChI=1S/C14H22O6/c1-3-19-9-5-7-14(13(17)18,11-12(15)16)8-6-10-20-4-2/h3-4H,1-2,5-11H2,(H,15,16)(H,17,18). The van der Waals surface area contributed by atoms with Gasteiger partial charge >= 0.3 is 11.9 Å². The Morgan fingerprint density at radius 2 is 1.45 bits per heavy atom. The maximum Gasteiger partial charge on any atom is 0.310 e. The Labute approximate surface area is 118 Å². The molecular weight excluding hydrogens is 264 g/mol. The summed E-state index contributed by atoms with van der Waals surface area (Å²) in [7, 11) is 0. The van der Waals surface area contributed by atoms with Crippen LogP contribution in [0, 0.1) is 5.41 Å². The summed E-state index contributed by atoms with van der Waals surface area (Å²) in [4.78, 5) is 22.4. The lowest BCUT2D eigenvalue weighted by atomic mass is 9.76. The quantitative estimate of drug-likeness (QED) is 0.399. The third-order valence-corrected chi connectivity index (χ3v) is 3.01. The lowest BCUT2D eigenvalue weighted by molar-refractivity contribution is -0.157. The summed E-state index contributed by atoms with van der Waals surface area (Å²) in [5, 5.41) is 18.3. The van der Waals surface area contributed by atoms with Gasteiger partial charge in [-0.1, -0.05) is 13.2 Å². The van der Waals surface area contributed by atoms with Crippen molar-refractivity contribution in [2.24, 2.45) is 5.41 Å². The normalized spacial score (nSPS) is 10.6. The molecule has 0 spiro atoms. The largest absolute Gasteiger partial charge is 0.502 e. The van der Waals surface area contributed by atoms with Crippen molar-refractivity contribution >= 4 is 11.9 Å². The number of carbonyl (C=O) groups is 2. The molecule has 0 fully saturated rings. The zero-order valence-corrected chi connectivity index (χ0v) is 11.5. The average Bonchev–Trinajstić information content (AvgIpc) is 2.38. The molecule has 114 valence electrons. The highest BCUT2D eigenvalue weighted by Crippen LogP contribution is 2.34. The predicted octanol–water partition coefficient (Wildman–Crippen LogP) is 2.41. The van der Waals surface area contributed by atoms with Crippen molar-refractivity contribution in [3.8, 4) is 0 Å². The molecule has 0 saturated heterocycles. The summed E-state index contributed by atoms with van der Waals surface area (Å²) >= 11 is 0. The van der Waals surface area contributed by atoms with Crippen LogP contribution in [0.1, 0.15) is 32.1 Å². The second-order valence-corrected chi connectivity index (χ2v) is 4.44. The minimum absolute atomic E-state index is 0.233. The van der Waals surface area contributed by atoms with E-state index < -0.39 is 23.8 Å². The molecule has 0 aliphatic rings. The van der Waals surface area contributed by atoms with Gasteiger partial charge in [0.2, 0.25) is 0 Å². The number of rotatable bonds is 13. The van der Waals surface area contributed by atoms with Crippen LogP contribution in [0.25, 0.3) is 0 Å². The summed E-state index contributed by atoms with van der Waals surface area (Å²) in [6.45, 7) is 7.42. The molecule has 0 heterocycles. The van der Waals surface area contributed by atoms with E-state index in [1.54, 1.807) is 0 Å². The zero-order chi connectivity index (χ0) is 15.4. The van der Waals surface area contributed by atoms with Crippen molar-refractivity contribution in [3.05, 3.63) is 25.7 Å². The van der Waals surface area contributed by atoms with Crippen LogP contribution in [0.4, 0.5) is 0 Å². The second kappa shape index (κ2) is 9.89. The van der Waals surface area contributed by atoms with E-state index in [0.717, 1.165) is 0 Å². The third kappa shape index (κ3) is 6.82. The lowest BCUT2D eigenvalue weighted by Gasteiger charge is -2.27. The monoisotopic (exact) mass is 286 g/mol. The van der Waals surface area contributed by atoms with E-state index in [-0.39, 0.29) is 12.8 Å². The molecule has 2 N–H and O–H groups in total. The molecule has 0 unspecified atom stereocenters. The molecule has 0 aliphatic heterocycles. The summed E-state index contributed by atoms with van der Waals surface area (Å²) in [6.07, 6.45) is 3.51. The molecule has 0 bridgehead atoms. The molecule has 0 aliphatic carbocycles. The van der Waals surface area contributed by atoms with Crippen LogP contribution in [0.5, 0.6) is 0 Å². The van der Waals surface area contributed by atoms with Crippen molar-refractivity contribution in [1.29, 1.82) is 0 Å². The van der Waals surface area contributed by atoms with Crippen LogP contribution in [0.2, 0.25) is 0 Å². The average molecular weight is 286 g/mol. The van der Waals surface area contributed by atoms with Crippen LogP contribution in [0.15, 0.2) is 25.7 Å². The first-order valence-corrected chi connectivity index (χ1v) is 6.38. The molecule has 20 heavy (non-hydrogen) atoms. The van der Waals surface area contributed by atoms with E-state index in [1.807, 2.05) is 0 Å². The van der Waals surface area contributed by atoms with Gasteiger partial charge < -0.3 is 19.7 Å². The third-order valence-electron chi connectivity index (χ3n) is 3.01. The molecular formula is C14H22O6.